The first-order valence-electron chi connectivity index (χ1n) is 7.54. The third-order valence-electron chi connectivity index (χ3n) is 4.21. The van der Waals surface area contributed by atoms with Gasteiger partial charge in [0.1, 0.15) is 5.75 Å². The second-order valence-corrected chi connectivity index (χ2v) is 6.61. The first-order valence-corrected chi connectivity index (χ1v) is 8.42. The van der Waals surface area contributed by atoms with Gasteiger partial charge in [-0.25, -0.2) is 9.78 Å². The van der Waals surface area contributed by atoms with E-state index in [1.807, 2.05) is 36.7 Å². The number of nitrogens with zero attached hydrogens (tertiary/aromatic N) is 1. The maximum atomic E-state index is 11.7. The summed E-state index contributed by atoms with van der Waals surface area (Å²) in [7, 11) is 0. The third kappa shape index (κ3) is 2.86. The molecule has 0 atom stereocenters. The number of benzene rings is 1. The van der Waals surface area contributed by atoms with Crippen molar-refractivity contribution in [3.8, 4) is 16.2 Å². The molecule has 0 bridgehead atoms. The monoisotopic (exact) mass is 317 g/mol. The van der Waals surface area contributed by atoms with Crippen molar-refractivity contribution in [3.63, 3.8) is 0 Å². The van der Waals surface area contributed by atoms with Gasteiger partial charge in [0, 0.05) is 0 Å². The summed E-state index contributed by atoms with van der Waals surface area (Å²) in [5.41, 5.74) is 2.75. The van der Waals surface area contributed by atoms with Crippen LogP contribution in [0.1, 0.15) is 37.8 Å². The zero-order valence-electron chi connectivity index (χ0n) is 12.5. The van der Waals surface area contributed by atoms with E-state index in [9.17, 15) is 9.90 Å². The molecule has 3 rings (SSSR count). The summed E-state index contributed by atoms with van der Waals surface area (Å²) in [5, 5.41) is 9.61. The fourth-order valence-electron chi connectivity index (χ4n) is 2.99. The van der Waals surface area contributed by atoms with Gasteiger partial charge >= 0.3 is 5.97 Å². The molecule has 1 aliphatic carbocycles. The second kappa shape index (κ2) is 6.08. The Morgan fingerprint density at radius 1 is 1.32 bits per heavy atom. The number of carboxylic acid groups (broad SMARTS) is 1. The van der Waals surface area contributed by atoms with Crippen LogP contribution in [0.5, 0.6) is 5.75 Å². The molecule has 1 aliphatic rings. The Morgan fingerprint density at radius 3 is 2.73 bits per heavy atom. The summed E-state index contributed by atoms with van der Waals surface area (Å²) in [6, 6.07) is 7.66. The van der Waals surface area contributed by atoms with E-state index < -0.39 is 11.6 Å². The Labute approximate surface area is 133 Å². The lowest BCUT2D eigenvalue weighted by molar-refractivity contribution is -0.158. The van der Waals surface area contributed by atoms with Crippen LogP contribution >= 0.6 is 11.3 Å². The summed E-state index contributed by atoms with van der Waals surface area (Å²) in [5.74, 6) is -0.235. The minimum atomic E-state index is -1.07. The second-order valence-electron chi connectivity index (χ2n) is 5.76. The largest absolute Gasteiger partial charge is 0.478 e. The molecule has 1 aromatic heterocycles. The number of rotatable bonds is 4. The molecule has 5 heteroatoms. The van der Waals surface area contributed by atoms with Crippen molar-refractivity contribution in [2.24, 2.45) is 0 Å². The number of aliphatic carboxylic acids is 1. The first kappa shape index (κ1) is 15.0. The molecule has 2 aromatic rings. The number of ether oxygens (including phenoxy) is 1. The molecule has 0 aliphatic heterocycles. The van der Waals surface area contributed by atoms with Gasteiger partial charge in [-0.3, -0.25) is 0 Å². The van der Waals surface area contributed by atoms with Crippen molar-refractivity contribution in [1.29, 1.82) is 0 Å². The summed E-state index contributed by atoms with van der Waals surface area (Å²) in [6.07, 6.45) is 4.04. The van der Waals surface area contributed by atoms with E-state index in [2.05, 4.69) is 4.98 Å². The van der Waals surface area contributed by atoms with Crippen LogP contribution in [0.3, 0.4) is 0 Å². The van der Waals surface area contributed by atoms with Gasteiger partial charge in [-0.15, -0.1) is 11.3 Å². The number of hydrogen-bond acceptors (Lipinski definition) is 4. The molecule has 1 N–H and O–H groups in total. The lowest BCUT2D eigenvalue weighted by Gasteiger charge is -2.33. The minimum Gasteiger partial charge on any atom is -0.478 e. The number of carbonyl (C=O) groups is 1. The number of hydrogen-bond donors (Lipinski definition) is 1. The van der Waals surface area contributed by atoms with Gasteiger partial charge in [-0.05, 0) is 50.3 Å². The molecule has 116 valence electrons. The van der Waals surface area contributed by atoms with E-state index in [-0.39, 0.29) is 0 Å². The maximum absolute atomic E-state index is 11.7. The van der Waals surface area contributed by atoms with Gasteiger partial charge in [0.15, 0.2) is 0 Å². The highest BCUT2D eigenvalue weighted by atomic mass is 32.1. The normalized spacial score (nSPS) is 17.1. The number of thiazole rings is 1. The Kier molecular flexibility index (Phi) is 4.16. The van der Waals surface area contributed by atoms with Crippen LogP contribution < -0.4 is 4.74 Å². The Hall–Kier alpha value is -1.88. The van der Waals surface area contributed by atoms with Crippen molar-refractivity contribution in [3.05, 3.63) is 35.5 Å². The lowest BCUT2D eigenvalue weighted by atomic mass is 9.84. The zero-order valence-corrected chi connectivity index (χ0v) is 13.4. The first-order chi connectivity index (χ1) is 10.6. The smallest absolute Gasteiger partial charge is 0.348 e. The molecule has 1 saturated carbocycles. The molecular formula is C17H19NO3S. The predicted octanol–water partition coefficient (Wildman–Crippen LogP) is 4.28. The van der Waals surface area contributed by atoms with Crippen molar-refractivity contribution >= 4 is 17.3 Å². The standard InChI is InChI=1S/C17H19NO3S/c1-12-15(22-11-18-12)13-6-5-7-14(10-13)21-17(16(19)20)8-3-2-4-9-17/h5-7,10-11H,2-4,8-9H2,1H3,(H,19,20). The SMILES string of the molecule is Cc1ncsc1-c1cccc(OC2(C(=O)O)CCCCC2)c1. The van der Waals surface area contributed by atoms with E-state index in [1.165, 1.54) is 0 Å². The van der Waals surface area contributed by atoms with Gasteiger partial charge in [0.2, 0.25) is 5.60 Å². The highest BCUT2D eigenvalue weighted by Crippen LogP contribution is 2.35. The van der Waals surface area contributed by atoms with E-state index in [0.29, 0.717) is 18.6 Å². The predicted molar refractivity (Wildman–Crippen MR) is 86.4 cm³/mol. The Bertz CT molecular complexity index is 674. The highest BCUT2D eigenvalue weighted by Gasteiger charge is 2.42. The van der Waals surface area contributed by atoms with E-state index in [0.717, 1.165) is 35.4 Å². The van der Waals surface area contributed by atoms with Crippen LogP contribution in [0.15, 0.2) is 29.8 Å². The highest BCUT2D eigenvalue weighted by molar-refractivity contribution is 7.13. The molecule has 1 fully saturated rings. The van der Waals surface area contributed by atoms with E-state index in [1.54, 1.807) is 11.3 Å². The summed E-state index contributed by atoms with van der Waals surface area (Å²) in [6.45, 7) is 1.97. The molecule has 0 radical (unpaired) electrons. The van der Waals surface area contributed by atoms with Crippen molar-refractivity contribution in [2.45, 2.75) is 44.6 Å². The molecule has 0 spiro atoms. The van der Waals surface area contributed by atoms with Crippen molar-refractivity contribution in [2.75, 3.05) is 0 Å². The van der Waals surface area contributed by atoms with Crippen LogP contribution in [-0.2, 0) is 4.79 Å². The average Bonchev–Trinajstić information content (AvgIpc) is 2.94. The average molecular weight is 317 g/mol. The van der Waals surface area contributed by atoms with Crippen LogP contribution in [0.25, 0.3) is 10.4 Å². The summed E-state index contributed by atoms with van der Waals surface area (Å²) in [4.78, 5) is 17.1. The molecule has 0 unspecified atom stereocenters. The van der Waals surface area contributed by atoms with Gasteiger partial charge in [-0.2, -0.15) is 0 Å². The summed E-state index contributed by atoms with van der Waals surface area (Å²) >= 11 is 1.58. The molecule has 0 amide bonds. The quantitative estimate of drug-likeness (QED) is 0.914. The van der Waals surface area contributed by atoms with Crippen LogP contribution in [-0.4, -0.2) is 21.7 Å². The topological polar surface area (TPSA) is 59.4 Å². The fraction of sp³-hybridized carbons (Fsp3) is 0.412. The van der Waals surface area contributed by atoms with Crippen LogP contribution in [0.2, 0.25) is 0 Å². The Balaban J connectivity index is 1.89. The lowest BCUT2D eigenvalue weighted by Crippen LogP contribution is -2.46. The van der Waals surface area contributed by atoms with Crippen molar-refractivity contribution in [1.82, 2.24) is 4.98 Å². The van der Waals surface area contributed by atoms with Crippen molar-refractivity contribution < 1.29 is 14.6 Å². The van der Waals surface area contributed by atoms with E-state index >= 15 is 0 Å². The van der Waals surface area contributed by atoms with E-state index in [4.69, 9.17) is 4.74 Å². The van der Waals surface area contributed by atoms with Gasteiger partial charge in [0.05, 0.1) is 16.1 Å². The van der Waals surface area contributed by atoms with Crippen LogP contribution in [0, 0.1) is 6.92 Å². The molecule has 1 aromatic carbocycles. The molecular weight excluding hydrogens is 298 g/mol. The number of aromatic nitrogens is 1. The Morgan fingerprint density at radius 2 is 2.09 bits per heavy atom. The molecule has 1 heterocycles. The fourth-order valence-corrected chi connectivity index (χ4v) is 3.79. The minimum absolute atomic E-state index is 0.576. The van der Waals surface area contributed by atoms with Gasteiger partial charge in [-0.1, -0.05) is 18.6 Å². The molecule has 4 nitrogen and oxygen atoms in total. The third-order valence-corrected chi connectivity index (χ3v) is 5.18. The van der Waals surface area contributed by atoms with Crippen LogP contribution in [0.4, 0.5) is 0 Å². The van der Waals surface area contributed by atoms with Gasteiger partial charge < -0.3 is 9.84 Å². The molecule has 0 saturated heterocycles. The molecule has 22 heavy (non-hydrogen) atoms. The zero-order chi connectivity index (χ0) is 15.6. The van der Waals surface area contributed by atoms with Gasteiger partial charge in [0.25, 0.3) is 0 Å². The maximum Gasteiger partial charge on any atom is 0.348 e. The number of aryl methyl sites for hydroxylation is 1. The number of carboxylic acids is 1. The summed E-state index contributed by atoms with van der Waals surface area (Å²) < 4.78 is 5.97.